The van der Waals surface area contributed by atoms with Crippen LogP contribution in [-0.4, -0.2) is 16.0 Å². The third kappa shape index (κ3) is 3.05. The van der Waals surface area contributed by atoms with Crippen molar-refractivity contribution in [2.24, 2.45) is 0 Å². The number of nitrogens with one attached hydrogen (secondary N) is 1. The fourth-order valence-electron chi connectivity index (χ4n) is 2.71. The van der Waals surface area contributed by atoms with E-state index in [1.54, 1.807) is 0 Å². The Kier molecular flexibility index (Phi) is 3.77. The maximum Gasteiger partial charge on any atom is 0.246 e. The van der Waals surface area contributed by atoms with Gasteiger partial charge in [-0.15, -0.1) is 0 Å². The maximum absolute atomic E-state index is 12.7. The largest absolute Gasteiger partial charge is 0.348 e. The van der Waals surface area contributed by atoms with Crippen LogP contribution in [0.2, 0.25) is 5.02 Å². The predicted octanol–water partition coefficient (Wildman–Crippen LogP) is 3.77. The van der Waals surface area contributed by atoms with E-state index >= 15 is 0 Å². The van der Waals surface area contributed by atoms with Gasteiger partial charge in [0.1, 0.15) is 5.54 Å². The van der Waals surface area contributed by atoms with Crippen LogP contribution in [0.1, 0.15) is 32.3 Å². The molecule has 0 unspecified atom stereocenters. The summed E-state index contributed by atoms with van der Waals surface area (Å²) in [6.07, 6.45) is 6.78. The minimum Gasteiger partial charge on any atom is -0.348 e. The fourth-order valence-corrected chi connectivity index (χ4v) is 2.83. The van der Waals surface area contributed by atoms with E-state index in [-0.39, 0.29) is 11.4 Å². The van der Waals surface area contributed by atoms with E-state index in [0.29, 0.717) is 0 Å². The van der Waals surface area contributed by atoms with Crippen LogP contribution in [0.5, 0.6) is 0 Å². The molecule has 3 nitrogen and oxygen atoms in total. The number of halogens is 1. The summed E-state index contributed by atoms with van der Waals surface area (Å²) in [4.78, 5) is 12.7. The normalized spacial score (nSPS) is 16.3. The first-order valence-corrected chi connectivity index (χ1v) is 8.00. The third-order valence-electron chi connectivity index (χ3n) is 4.49. The van der Waals surface area contributed by atoms with Crippen molar-refractivity contribution in [1.82, 2.24) is 9.88 Å². The van der Waals surface area contributed by atoms with E-state index in [2.05, 4.69) is 5.32 Å². The molecule has 0 spiro atoms. The van der Waals surface area contributed by atoms with Gasteiger partial charge in [-0.3, -0.25) is 4.79 Å². The van der Waals surface area contributed by atoms with Crippen LogP contribution in [0.15, 0.2) is 48.8 Å². The molecular weight excluding hydrogens is 296 g/mol. The molecule has 0 atom stereocenters. The number of carbonyl (C=O) groups excluding carboxylic acids is 1. The summed E-state index contributed by atoms with van der Waals surface area (Å²) >= 11 is 5.93. The Labute approximate surface area is 136 Å². The smallest absolute Gasteiger partial charge is 0.246 e. The van der Waals surface area contributed by atoms with Crippen LogP contribution in [0, 0.1) is 0 Å². The second-order valence-electron chi connectivity index (χ2n) is 6.69. The third-order valence-corrected chi connectivity index (χ3v) is 4.75. The molecule has 1 saturated carbocycles. The summed E-state index contributed by atoms with van der Waals surface area (Å²) in [5, 5.41) is 4.01. The number of amides is 1. The van der Waals surface area contributed by atoms with Crippen LogP contribution in [0.25, 0.3) is 0 Å². The molecule has 3 rings (SSSR count). The fraction of sp³-hybridized carbons (Fsp3) is 0.389. The van der Waals surface area contributed by atoms with Crippen LogP contribution in [-0.2, 0) is 16.8 Å². The van der Waals surface area contributed by atoms with E-state index < -0.39 is 5.54 Å². The lowest BCUT2D eigenvalue weighted by atomic mass is 10.00. The van der Waals surface area contributed by atoms with Crippen LogP contribution in [0.3, 0.4) is 0 Å². The number of nitrogens with zero attached hydrogens (tertiary/aromatic N) is 1. The summed E-state index contributed by atoms with van der Waals surface area (Å²) in [6, 6.07) is 11.7. The first-order valence-electron chi connectivity index (χ1n) is 7.62. The molecule has 4 heteroatoms. The molecule has 22 heavy (non-hydrogen) atoms. The molecule has 1 fully saturated rings. The number of hydrogen-bond donors (Lipinski definition) is 1. The van der Waals surface area contributed by atoms with Crippen LogP contribution >= 0.6 is 11.6 Å². The molecule has 1 amide bonds. The molecule has 1 aliphatic rings. The lowest BCUT2D eigenvalue weighted by molar-refractivity contribution is -0.129. The van der Waals surface area contributed by atoms with E-state index in [4.69, 9.17) is 11.6 Å². The highest BCUT2D eigenvalue weighted by Crippen LogP contribution is 2.39. The van der Waals surface area contributed by atoms with Gasteiger partial charge in [0, 0.05) is 23.0 Å². The van der Waals surface area contributed by atoms with Crippen LogP contribution in [0.4, 0.5) is 0 Å². The number of carbonyl (C=O) groups is 1. The Balaban J connectivity index is 1.69. The molecule has 0 radical (unpaired) electrons. The van der Waals surface area contributed by atoms with Gasteiger partial charge in [-0.25, -0.2) is 0 Å². The van der Waals surface area contributed by atoms with Gasteiger partial charge in [0.05, 0.1) is 0 Å². The van der Waals surface area contributed by atoms with Crippen molar-refractivity contribution >= 4 is 17.5 Å². The Morgan fingerprint density at radius 2 is 1.82 bits per heavy atom. The van der Waals surface area contributed by atoms with Gasteiger partial charge in [-0.1, -0.05) is 23.7 Å². The van der Waals surface area contributed by atoms with E-state index in [1.165, 1.54) is 5.56 Å². The van der Waals surface area contributed by atoms with Gasteiger partial charge in [0.25, 0.3) is 0 Å². The summed E-state index contributed by atoms with van der Waals surface area (Å²) in [5.74, 6) is 0.0650. The van der Waals surface area contributed by atoms with E-state index in [1.807, 2.05) is 67.2 Å². The van der Waals surface area contributed by atoms with Gasteiger partial charge >= 0.3 is 0 Å². The van der Waals surface area contributed by atoms with Gasteiger partial charge in [0.15, 0.2) is 0 Å². The first kappa shape index (κ1) is 15.2. The highest BCUT2D eigenvalue weighted by Gasteiger charge is 2.46. The first-order chi connectivity index (χ1) is 10.4. The molecule has 1 aliphatic carbocycles. The molecule has 1 N–H and O–H groups in total. The van der Waals surface area contributed by atoms with Gasteiger partial charge in [-0.05, 0) is 62.9 Å². The lowest BCUT2D eigenvalue weighted by Crippen LogP contribution is -2.49. The highest BCUT2D eigenvalue weighted by molar-refractivity contribution is 6.30. The highest BCUT2D eigenvalue weighted by atomic mass is 35.5. The molecule has 116 valence electrons. The summed E-state index contributed by atoms with van der Waals surface area (Å²) in [5.41, 5.74) is 0.537. The van der Waals surface area contributed by atoms with Gasteiger partial charge in [-0.2, -0.15) is 0 Å². The Morgan fingerprint density at radius 1 is 1.23 bits per heavy atom. The molecule has 0 saturated heterocycles. The van der Waals surface area contributed by atoms with Crippen molar-refractivity contribution in [3.8, 4) is 0 Å². The lowest BCUT2D eigenvalue weighted by Gasteiger charge is -2.29. The number of benzene rings is 1. The van der Waals surface area contributed by atoms with Crippen molar-refractivity contribution < 1.29 is 4.79 Å². The zero-order valence-corrected chi connectivity index (χ0v) is 13.7. The Hall–Kier alpha value is -1.74. The molecule has 0 bridgehead atoms. The van der Waals surface area contributed by atoms with Gasteiger partial charge < -0.3 is 9.88 Å². The summed E-state index contributed by atoms with van der Waals surface area (Å²) in [7, 11) is 0. The summed E-state index contributed by atoms with van der Waals surface area (Å²) in [6.45, 7) is 3.89. The average Bonchev–Trinajstić information content (AvgIpc) is 3.02. The van der Waals surface area contributed by atoms with Crippen molar-refractivity contribution in [2.45, 2.75) is 44.2 Å². The molecule has 2 aromatic rings. The molecular formula is C18H21ClN2O. The van der Waals surface area contributed by atoms with Crippen LogP contribution < -0.4 is 5.32 Å². The van der Waals surface area contributed by atoms with E-state index in [0.717, 1.165) is 24.3 Å². The minimum atomic E-state index is -0.584. The number of rotatable bonds is 5. The van der Waals surface area contributed by atoms with Crippen molar-refractivity contribution in [1.29, 1.82) is 0 Å². The predicted molar refractivity (Wildman–Crippen MR) is 89.0 cm³/mol. The maximum atomic E-state index is 12.7. The van der Waals surface area contributed by atoms with Crippen molar-refractivity contribution in [2.75, 3.05) is 0 Å². The van der Waals surface area contributed by atoms with Gasteiger partial charge in [0.2, 0.25) is 5.91 Å². The zero-order valence-electron chi connectivity index (χ0n) is 13.0. The minimum absolute atomic E-state index is 0.0650. The quantitative estimate of drug-likeness (QED) is 0.895. The Bertz CT molecular complexity index is 655. The van der Waals surface area contributed by atoms with Crippen molar-refractivity contribution in [3.05, 3.63) is 59.4 Å². The molecule has 1 aromatic heterocycles. The summed E-state index contributed by atoms with van der Waals surface area (Å²) < 4.78 is 1.95. The molecule has 0 aliphatic heterocycles. The van der Waals surface area contributed by atoms with E-state index in [9.17, 15) is 4.79 Å². The zero-order chi connectivity index (χ0) is 15.8. The SMILES string of the molecule is CC(C)(C(=O)NC1(Cc2ccc(Cl)cc2)CC1)n1cccc1. The standard InChI is InChI=1S/C18H21ClN2O/c1-17(2,21-11-3-4-12-21)16(22)20-18(9-10-18)13-14-5-7-15(19)8-6-14/h3-8,11-12H,9-10,13H2,1-2H3,(H,20,22). The second-order valence-corrected chi connectivity index (χ2v) is 7.12. The number of aromatic nitrogens is 1. The molecule has 1 aromatic carbocycles. The van der Waals surface area contributed by atoms with Crippen molar-refractivity contribution in [3.63, 3.8) is 0 Å². The monoisotopic (exact) mass is 316 g/mol. The second kappa shape index (κ2) is 5.47. The topological polar surface area (TPSA) is 34.0 Å². The molecule has 1 heterocycles. The average molecular weight is 317 g/mol. The Morgan fingerprint density at radius 3 is 2.36 bits per heavy atom. The number of hydrogen-bond acceptors (Lipinski definition) is 1.